The fraction of sp³-hybridized carbons (Fsp3) is 0.615. The molecule has 0 saturated heterocycles. The van der Waals surface area contributed by atoms with Crippen LogP contribution in [0.1, 0.15) is 44.9 Å². The maximum atomic E-state index is 11.9. The number of hydrogen-bond donors (Lipinski definition) is 1. The number of nitriles is 1. The summed E-state index contributed by atoms with van der Waals surface area (Å²) in [5, 5.41) is 11.9. The molecule has 1 aromatic heterocycles. The number of hydrogen-bond acceptors (Lipinski definition) is 3. The zero-order valence-corrected chi connectivity index (χ0v) is 11.0. The van der Waals surface area contributed by atoms with E-state index in [0.717, 1.165) is 19.3 Å². The van der Waals surface area contributed by atoms with Crippen LogP contribution in [-0.2, 0) is 11.3 Å². The maximum absolute atomic E-state index is 11.9. The number of nitrogens with one attached hydrogen (secondary N) is 1. The van der Waals surface area contributed by atoms with E-state index in [1.165, 1.54) is 0 Å². The van der Waals surface area contributed by atoms with Gasteiger partial charge in [0.25, 0.3) is 0 Å². The molecule has 0 aliphatic carbocycles. The molecule has 1 aromatic rings. The van der Waals surface area contributed by atoms with Crippen molar-refractivity contribution in [2.75, 3.05) is 6.54 Å². The number of carbonyl (C=O) groups excluding carboxylic acids is 1. The molecule has 98 valence electrons. The number of imidazole rings is 1. The molecule has 0 aromatic carbocycles. The van der Waals surface area contributed by atoms with Gasteiger partial charge in [-0.15, -0.1) is 0 Å². The molecule has 1 heterocycles. The highest BCUT2D eigenvalue weighted by molar-refractivity contribution is 5.85. The average Bonchev–Trinajstić information content (AvgIpc) is 2.84. The van der Waals surface area contributed by atoms with Crippen LogP contribution in [0, 0.1) is 11.3 Å². The first-order valence-corrected chi connectivity index (χ1v) is 6.42. The van der Waals surface area contributed by atoms with Crippen molar-refractivity contribution in [2.45, 2.75) is 45.6 Å². The molecule has 0 aliphatic rings. The maximum Gasteiger partial charge on any atom is 0.245 e. The van der Waals surface area contributed by atoms with Crippen molar-refractivity contribution in [2.24, 2.45) is 0 Å². The first kappa shape index (κ1) is 14.2. The summed E-state index contributed by atoms with van der Waals surface area (Å²) in [7, 11) is 0. The molecule has 0 radical (unpaired) electrons. The lowest BCUT2D eigenvalue weighted by Crippen LogP contribution is -2.31. The summed E-state index contributed by atoms with van der Waals surface area (Å²) in [5.41, 5.74) is 0. The predicted octanol–water partition coefficient (Wildman–Crippen LogP) is 1.82. The van der Waals surface area contributed by atoms with Crippen LogP contribution in [0.25, 0.3) is 0 Å². The molecule has 1 amide bonds. The van der Waals surface area contributed by atoms with Crippen molar-refractivity contribution >= 4 is 5.91 Å². The van der Waals surface area contributed by atoms with Crippen molar-refractivity contribution in [1.29, 1.82) is 5.26 Å². The van der Waals surface area contributed by atoms with Crippen LogP contribution in [0.2, 0.25) is 0 Å². The first-order chi connectivity index (χ1) is 8.74. The molecule has 5 heteroatoms. The molecule has 5 nitrogen and oxygen atoms in total. The van der Waals surface area contributed by atoms with Crippen LogP contribution in [0.5, 0.6) is 0 Å². The molecule has 0 bridgehead atoms. The van der Waals surface area contributed by atoms with Gasteiger partial charge in [-0.05, 0) is 13.3 Å². The molecule has 1 rings (SSSR count). The Labute approximate surface area is 108 Å². The van der Waals surface area contributed by atoms with Crippen LogP contribution < -0.4 is 5.32 Å². The van der Waals surface area contributed by atoms with Crippen LogP contribution in [-0.4, -0.2) is 22.0 Å². The Hall–Kier alpha value is -1.83. The minimum atomic E-state index is -0.818. The fourth-order valence-corrected chi connectivity index (χ4v) is 1.77. The van der Waals surface area contributed by atoms with Crippen LogP contribution in [0.3, 0.4) is 0 Å². The number of aryl methyl sites for hydroxylation is 1. The highest BCUT2D eigenvalue weighted by Gasteiger charge is 2.23. The minimum Gasteiger partial charge on any atom is -0.355 e. The fourth-order valence-electron chi connectivity index (χ4n) is 1.77. The van der Waals surface area contributed by atoms with Crippen LogP contribution in [0.4, 0.5) is 0 Å². The normalized spacial score (nSPS) is 11.8. The van der Waals surface area contributed by atoms with Gasteiger partial charge < -0.3 is 9.88 Å². The van der Waals surface area contributed by atoms with Gasteiger partial charge in [-0.2, -0.15) is 5.26 Å². The molecular weight excluding hydrogens is 228 g/mol. The van der Waals surface area contributed by atoms with Crippen molar-refractivity contribution in [3.63, 3.8) is 0 Å². The average molecular weight is 248 g/mol. The Morgan fingerprint density at radius 2 is 2.33 bits per heavy atom. The summed E-state index contributed by atoms with van der Waals surface area (Å²) in [6, 6.07) is 2.02. The Kier molecular flexibility index (Phi) is 5.92. The smallest absolute Gasteiger partial charge is 0.245 e. The summed E-state index contributed by atoms with van der Waals surface area (Å²) < 4.78 is 1.82. The van der Waals surface area contributed by atoms with Crippen LogP contribution in [0.15, 0.2) is 12.4 Å². The van der Waals surface area contributed by atoms with Gasteiger partial charge in [0.1, 0.15) is 5.82 Å². The predicted molar refractivity (Wildman–Crippen MR) is 68.8 cm³/mol. The van der Waals surface area contributed by atoms with Gasteiger partial charge in [-0.1, -0.05) is 19.8 Å². The summed E-state index contributed by atoms with van der Waals surface area (Å²) in [6.07, 6.45) is 6.54. The van der Waals surface area contributed by atoms with Gasteiger partial charge >= 0.3 is 0 Å². The van der Waals surface area contributed by atoms with Gasteiger partial charge in [0.15, 0.2) is 5.92 Å². The molecule has 18 heavy (non-hydrogen) atoms. The minimum absolute atomic E-state index is 0.255. The lowest BCUT2D eigenvalue weighted by Gasteiger charge is -2.11. The zero-order chi connectivity index (χ0) is 13.4. The van der Waals surface area contributed by atoms with Gasteiger partial charge in [-0.25, -0.2) is 4.98 Å². The lowest BCUT2D eigenvalue weighted by atomic mass is 10.1. The van der Waals surface area contributed by atoms with Crippen molar-refractivity contribution < 1.29 is 4.79 Å². The van der Waals surface area contributed by atoms with E-state index in [0.29, 0.717) is 18.9 Å². The molecule has 0 saturated carbocycles. The Bertz CT molecular complexity index is 419. The molecule has 0 spiro atoms. The van der Waals surface area contributed by atoms with Crippen LogP contribution >= 0.6 is 0 Å². The number of rotatable bonds is 7. The van der Waals surface area contributed by atoms with E-state index >= 15 is 0 Å². The van der Waals surface area contributed by atoms with Crippen molar-refractivity contribution in [3.8, 4) is 6.07 Å². The number of unbranched alkanes of at least 4 members (excludes halogenated alkanes) is 2. The zero-order valence-electron chi connectivity index (χ0n) is 11.0. The molecule has 1 N–H and O–H groups in total. The first-order valence-electron chi connectivity index (χ1n) is 6.42. The quantitative estimate of drug-likeness (QED) is 0.748. The van der Waals surface area contributed by atoms with Gasteiger partial charge in [0.2, 0.25) is 5.91 Å². The highest BCUT2D eigenvalue weighted by Crippen LogP contribution is 2.13. The van der Waals surface area contributed by atoms with E-state index in [1.54, 1.807) is 12.4 Å². The van der Waals surface area contributed by atoms with Crippen molar-refractivity contribution in [1.82, 2.24) is 14.9 Å². The highest BCUT2D eigenvalue weighted by atomic mass is 16.1. The lowest BCUT2D eigenvalue weighted by molar-refractivity contribution is -0.121. The third-order valence-electron chi connectivity index (χ3n) is 2.82. The van der Waals surface area contributed by atoms with E-state index < -0.39 is 5.92 Å². The molecule has 0 fully saturated rings. The third-order valence-corrected chi connectivity index (χ3v) is 2.82. The van der Waals surface area contributed by atoms with Gasteiger partial charge in [0.05, 0.1) is 6.07 Å². The second-order valence-electron chi connectivity index (χ2n) is 4.13. The van der Waals surface area contributed by atoms with Gasteiger partial charge in [0, 0.05) is 25.5 Å². The Morgan fingerprint density at radius 3 is 2.94 bits per heavy atom. The van der Waals surface area contributed by atoms with E-state index in [9.17, 15) is 4.79 Å². The van der Waals surface area contributed by atoms with Gasteiger partial charge in [-0.3, -0.25) is 4.79 Å². The monoisotopic (exact) mass is 248 g/mol. The molecular formula is C13H20N4O. The summed E-state index contributed by atoms with van der Waals surface area (Å²) >= 11 is 0. The standard InChI is InChI=1S/C13H20N4O/c1-3-5-6-7-16-13(18)11(10-14)12-15-8-9-17(12)4-2/h8-9,11H,3-7H2,1-2H3,(H,16,18)/t11-/m0/s1. The van der Waals surface area contributed by atoms with E-state index in [1.807, 2.05) is 17.6 Å². The second-order valence-corrected chi connectivity index (χ2v) is 4.13. The molecule has 0 aliphatic heterocycles. The summed E-state index contributed by atoms with van der Waals surface area (Å²) in [4.78, 5) is 16.0. The molecule has 1 atom stereocenters. The third kappa shape index (κ3) is 3.59. The second kappa shape index (κ2) is 7.49. The number of carbonyl (C=O) groups is 1. The van der Waals surface area contributed by atoms with E-state index in [-0.39, 0.29) is 5.91 Å². The Morgan fingerprint density at radius 1 is 1.56 bits per heavy atom. The largest absolute Gasteiger partial charge is 0.355 e. The molecule has 0 unspecified atom stereocenters. The number of nitrogens with zero attached hydrogens (tertiary/aromatic N) is 3. The van der Waals surface area contributed by atoms with E-state index in [4.69, 9.17) is 5.26 Å². The SMILES string of the molecule is CCCCCNC(=O)[C@@H](C#N)c1nccn1CC. The number of aromatic nitrogens is 2. The Balaban J connectivity index is 2.61. The van der Waals surface area contributed by atoms with E-state index in [2.05, 4.69) is 17.2 Å². The summed E-state index contributed by atoms with van der Waals surface area (Å²) in [5.74, 6) is -0.552. The summed E-state index contributed by atoms with van der Waals surface area (Å²) in [6.45, 7) is 5.39. The topological polar surface area (TPSA) is 70.7 Å². The van der Waals surface area contributed by atoms with Crippen molar-refractivity contribution in [3.05, 3.63) is 18.2 Å². The number of amides is 1.